The van der Waals surface area contributed by atoms with Gasteiger partial charge < -0.3 is 10.1 Å². The van der Waals surface area contributed by atoms with Crippen LogP contribution >= 0.6 is 11.6 Å². The molecular formula is C22H17ClF3N5O2. The number of aryl methyl sites for hydroxylation is 1. The monoisotopic (exact) mass is 475 g/mol. The van der Waals surface area contributed by atoms with Crippen LogP contribution in [-0.2, 0) is 11.0 Å². The van der Waals surface area contributed by atoms with E-state index < -0.39 is 24.4 Å². The van der Waals surface area contributed by atoms with E-state index in [9.17, 15) is 18.0 Å². The van der Waals surface area contributed by atoms with Gasteiger partial charge in [0.2, 0.25) is 5.88 Å². The third-order valence-electron chi connectivity index (χ3n) is 4.67. The molecule has 0 aliphatic heterocycles. The van der Waals surface area contributed by atoms with Crippen molar-refractivity contribution in [2.24, 2.45) is 0 Å². The molecule has 0 bridgehead atoms. The highest BCUT2D eigenvalue weighted by Gasteiger charge is 2.36. The summed E-state index contributed by atoms with van der Waals surface area (Å²) >= 11 is 6.10. The second-order valence-electron chi connectivity index (χ2n) is 7.05. The molecule has 4 aromatic rings. The Morgan fingerprint density at radius 1 is 1.15 bits per heavy atom. The number of H-pyrrole nitrogens is 1. The standard InChI is InChI=1S/C22H17ClF3N5O2/c1-13-6-2-3-7-14(13)16-10-19(29-28-16)27-20(32)12-33-21-11-18(22(24,25)26)30-31(21)17-9-5-4-8-15(17)23/h2-11H,12H2,1H3,(H2,27,28,29,32). The minimum atomic E-state index is -4.70. The quantitative estimate of drug-likeness (QED) is 0.398. The lowest BCUT2D eigenvalue weighted by molar-refractivity contribution is -0.141. The maximum absolute atomic E-state index is 13.2. The van der Waals surface area contributed by atoms with Crippen molar-refractivity contribution in [2.45, 2.75) is 13.1 Å². The first kappa shape index (κ1) is 22.4. The molecule has 0 fully saturated rings. The number of alkyl halides is 3. The van der Waals surface area contributed by atoms with Crippen molar-refractivity contribution in [3.05, 3.63) is 76.9 Å². The number of carbonyl (C=O) groups excluding carboxylic acids is 1. The zero-order valence-corrected chi connectivity index (χ0v) is 17.9. The van der Waals surface area contributed by atoms with E-state index in [1.54, 1.807) is 18.2 Å². The maximum atomic E-state index is 13.2. The van der Waals surface area contributed by atoms with Crippen molar-refractivity contribution in [3.63, 3.8) is 0 Å². The van der Waals surface area contributed by atoms with Gasteiger partial charge in [0.25, 0.3) is 5.91 Å². The summed E-state index contributed by atoms with van der Waals surface area (Å²) in [4.78, 5) is 12.4. The molecule has 4 rings (SSSR count). The van der Waals surface area contributed by atoms with Crippen molar-refractivity contribution in [1.29, 1.82) is 0 Å². The Hall–Kier alpha value is -3.79. The van der Waals surface area contributed by atoms with Crippen molar-refractivity contribution in [3.8, 4) is 22.8 Å². The van der Waals surface area contributed by atoms with Gasteiger partial charge in [-0.05, 0) is 24.6 Å². The molecule has 2 aromatic carbocycles. The molecule has 0 atom stereocenters. The van der Waals surface area contributed by atoms with Crippen molar-refractivity contribution < 1.29 is 22.7 Å². The first-order chi connectivity index (χ1) is 15.7. The van der Waals surface area contributed by atoms with Gasteiger partial charge in [-0.2, -0.15) is 28.1 Å². The largest absolute Gasteiger partial charge is 0.467 e. The number of para-hydroxylation sites is 1. The van der Waals surface area contributed by atoms with Crippen LogP contribution < -0.4 is 10.1 Å². The number of nitrogens with one attached hydrogen (secondary N) is 2. The van der Waals surface area contributed by atoms with E-state index in [1.165, 1.54) is 12.1 Å². The minimum Gasteiger partial charge on any atom is -0.467 e. The zero-order chi connectivity index (χ0) is 23.6. The van der Waals surface area contributed by atoms with Gasteiger partial charge in [0, 0.05) is 17.7 Å². The highest BCUT2D eigenvalue weighted by molar-refractivity contribution is 6.32. The molecule has 7 nitrogen and oxygen atoms in total. The van der Waals surface area contributed by atoms with Crippen LogP contribution in [0.5, 0.6) is 5.88 Å². The summed E-state index contributed by atoms with van der Waals surface area (Å²) in [6.07, 6.45) is -4.70. The fraction of sp³-hybridized carbons (Fsp3) is 0.136. The summed E-state index contributed by atoms with van der Waals surface area (Å²) in [6, 6.07) is 16.2. The summed E-state index contributed by atoms with van der Waals surface area (Å²) in [5.74, 6) is -0.566. The number of ether oxygens (including phenoxy) is 1. The minimum absolute atomic E-state index is 0.171. The van der Waals surface area contributed by atoms with Gasteiger partial charge in [0.15, 0.2) is 12.3 Å². The van der Waals surface area contributed by atoms with E-state index in [1.807, 2.05) is 31.2 Å². The molecule has 0 aliphatic carbocycles. The zero-order valence-electron chi connectivity index (χ0n) is 17.2. The van der Waals surface area contributed by atoms with Crippen molar-refractivity contribution >= 4 is 23.3 Å². The predicted octanol–water partition coefficient (Wildman–Crippen LogP) is 5.26. The average Bonchev–Trinajstić information content (AvgIpc) is 3.40. The fourth-order valence-corrected chi connectivity index (χ4v) is 3.33. The molecule has 2 aromatic heterocycles. The molecule has 0 saturated heterocycles. The van der Waals surface area contributed by atoms with E-state index >= 15 is 0 Å². The maximum Gasteiger partial charge on any atom is 0.435 e. The number of hydrogen-bond donors (Lipinski definition) is 2. The third-order valence-corrected chi connectivity index (χ3v) is 4.99. The van der Waals surface area contributed by atoms with Crippen LogP contribution in [0.1, 0.15) is 11.3 Å². The highest BCUT2D eigenvalue weighted by atomic mass is 35.5. The van der Waals surface area contributed by atoms with Gasteiger partial charge in [-0.25, -0.2) is 0 Å². The average molecular weight is 476 g/mol. The fourth-order valence-electron chi connectivity index (χ4n) is 3.11. The second kappa shape index (κ2) is 8.99. The number of amides is 1. The summed E-state index contributed by atoms with van der Waals surface area (Å²) in [6.45, 7) is 1.37. The van der Waals surface area contributed by atoms with Crippen LogP contribution in [0.3, 0.4) is 0 Å². The number of nitrogens with zero attached hydrogens (tertiary/aromatic N) is 3. The van der Waals surface area contributed by atoms with E-state index in [4.69, 9.17) is 16.3 Å². The third kappa shape index (κ3) is 5.01. The first-order valence-corrected chi connectivity index (χ1v) is 10.1. The summed E-state index contributed by atoms with van der Waals surface area (Å²) in [5, 5.41) is 13.2. The number of aromatic nitrogens is 4. The van der Waals surface area contributed by atoms with E-state index in [0.29, 0.717) is 17.6 Å². The predicted molar refractivity (Wildman–Crippen MR) is 116 cm³/mol. The number of halogens is 4. The second-order valence-corrected chi connectivity index (χ2v) is 7.45. The number of carbonyl (C=O) groups is 1. The van der Waals surface area contributed by atoms with E-state index in [0.717, 1.165) is 15.8 Å². The topological polar surface area (TPSA) is 84.8 Å². The van der Waals surface area contributed by atoms with Crippen LogP contribution in [0.25, 0.3) is 16.9 Å². The molecule has 1 amide bonds. The van der Waals surface area contributed by atoms with Crippen molar-refractivity contribution in [1.82, 2.24) is 20.0 Å². The van der Waals surface area contributed by atoms with Gasteiger partial charge in [0.05, 0.1) is 16.4 Å². The lowest BCUT2D eigenvalue weighted by Crippen LogP contribution is -2.21. The van der Waals surface area contributed by atoms with Gasteiger partial charge in [-0.3, -0.25) is 9.89 Å². The van der Waals surface area contributed by atoms with Crippen LogP contribution in [0, 0.1) is 6.92 Å². The number of hydrogen-bond acceptors (Lipinski definition) is 4. The first-order valence-electron chi connectivity index (χ1n) is 9.68. The molecule has 0 aliphatic rings. The molecule has 33 heavy (non-hydrogen) atoms. The molecule has 170 valence electrons. The Morgan fingerprint density at radius 3 is 2.61 bits per heavy atom. The van der Waals surface area contributed by atoms with Crippen LogP contribution in [0.4, 0.5) is 19.0 Å². The SMILES string of the molecule is Cc1ccccc1-c1cc(NC(=O)COc2cc(C(F)(F)F)nn2-c2ccccc2Cl)[nH]n1. The van der Waals surface area contributed by atoms with Gasteiger partial charge in [-0.15, -0.1) is 0 Å². The molecular weight excluding hydrogens is 459 g/mol. The number of aromatic amines is 1. The van der Waals surface area contributed by atoms with E-state index in [-0.39, 0.29) is 16.6 Å². The highest BCUT2D eigenvalue weighted by Crippen LogP contribution is 2.33. The number of anilines is 1. The molecule has 0 radical (unpaired) electrons. The Balaban J connectivity index is 1.49. The summed E-state index contributed by atoms with van der Waals surface area (Å²) in [7, 11) is 0. The van der Waals surface area contributed by atoms with Crippen LogP contribution in [-0.4, -0.2) is 32.5 Å². The molecule has 0 unspecified atom stereocenters. The summed E-state index contributed by atoms with van der Waals surface area (Å²) in [5.41, 5.74) is 1.55. The van der Waals surface area contributed by atoms with Gasteiger partial charge in [-0.1, -0.05) is 48.0 Å². The number of benzene rings is 2. The Bertz CT molecular complexity index is 1300. The lowest BCUT2D eigenvalue weighted by atomic mass is 10.1. The van der Waals surface area contributed by atoms with Gasteiger partial charge in [0.1, 0.15) is 5.82 Å². The van der Waals surface area contributed by atoms with Gasteiger partial charge >= 0.3 is 6.18 Å². The molecule has 2 N–H and O–H groups in total. The molecule has 2 heterocycles. The Kier molecular flexibility index (Phi) is 6.10. The van der Waals surface area contributed by atoms with Crippen LogP contribution in [0.2, 0.25) is 5.02 Å². The van der Waals surface area contributed by atoms with Crippen molar-refractivity contribution in [2.75, 3.05) is 11.9 Å². The summed E-state index contributed by atoms with van der Waals surface area (Å²) < 4.78 is 45.9. The molecule has 0 saturated carbocycles. The molecule has 11 heteroatoms. The number of rotatable bonds is 6. The Morgan fingerprint density at radius 2 is 1.88 bits per heavy atom. The normalized spacial score (nSPS) is 11.4. The molecule has 0 spiro atoms. The van der Waals surface area contributed by atoms with Crippen LogP contribution in [0.15, 0.2) is 60.7 Å². The lowest BCUT2D eigenvalue weighted by Gasteiger charge is -2.10. The van der Waals surface area contributed by atoms with E-state index in [2.05, 4.69) is 20.6 Å². The Labute approximate surface area is 191 Å². The smallest absolute Gasteiger partial charge is 0.435 e.